The summed E-state index contributed by atoms with van der Waals surface area (Å²) >= 11 is 0. The Bertz CT molecular complexity index is 1090. The van der Waals surface area contributed by atoms with Crippen LogP contribution < -0.4 is 9.47 Å². The molecule has 1 spiro atoms. The maximum Gasteiger partial charge on any atom is 0.257 e. The largest absolute Gasteiger partial charge is 0.490 e. The first-order valence-electron chi connectivity index (χ1n) is 12.4. The number of rotatable bonds is 6. The van der Waals surface area contributed by atoms with E-state index in [0.29, 0.717) is 37.4 Å². The Hall–Kier alpha value is -2.68. The number of benzene rings is 2. The summed E-state index contributed by atoms with van der Waals surface area (Å²) in [5.74, 6) is 0.837. The van der Waals surface area contributed by atoms with Crippen LogP contribution in [0.5, 0.6) is 11.5 Å². The molecule has 8 heteroatoms. The molecule has 0 bridgehead atoms. The van der Waals surface area contributed by atoms with E-state index in [9.17, 15) is 19.4 Å². The summed E-state index contributed by atoms with van der Waals surface area (Å²) in [5, 5.41) is 20.4. The van der Waals surface area contributed by atoms with Gasteiger partial charge in [0.05, 0.1) is 11.7 Å². The van der Waals surface area contributed by atoms with Crippen molar-refractivity contribution in [3.8, 4) is 11.5 Å². The van der Waals surface area contributed by atoms with Gasteiger partial charge in [0.15, 0.2) is 0 Å². The van der Waals surface area contributed by atoms with E-state index in [2.05, 4.69) is 4.90 Å². The van der Waals surface area contributed by atoms with Gasteiger partial charge in [-0.05, 0) is 49.2 Å². The van der Waals surface area contributed by atoms with Crippen LogP contribution in [0.25, 0.3) is 0 Å². The van der Waals surface area contributed by atoms with Crippen molar-refractivity contribution in [2.24, 2.45) is 0 Å². The molecule has 188 valence electrons. The van der Waals surface area contributed by atoms with Crippen molar-refractivity contribution >= 4 is 5.91 Å². The van der Waals surface area contributed by atoms with Gasteiger partial charge in [-0.15, -0.1) is 0 Å². The van der Waals surface area contributed by atoms with Gasteiger partial charge in [-0.2, -0.15) is 0 Å². The molecule has 2 aromatic carbocycles. The first kappa shape index (κ1) is 24.0. The zero-order valence-corrected chi connectivity index (χ0v) is 20.1. The molecule has 1 amide bonds. The maximum absolute atomic E-state index is 13.6. The molecule has 3 aliphatic rings. The normalized spacial score (nSPS) is 22.2. The fraction of sp³-hybridized carbons (Fsp3) is 0.519. The summed E-state index contributed by atoms with van der Waals surface area (Å²) < 4.78 is 25.7. The molecule has 0 saturated carbocycles. The third-order valence-corrected chi connectivity index (χ3v) is 7.35. The van der Waals surface area contributed by atoms with Crippen LogP contribution >= 0.6 is 0 Å². The quantitative estimate of drug-likeness (QED) is 0.656. The van der Waals surface area contributed by atoms with Gasteiger partial charge in [-0.3, -0.25) is 4.79 Å². The number of amides is 1. The Balaban J connectivity index is 1.13. The van der Waals surface area contributed by atoms with E-state index < -0.39 is 12.2 Å². The van der Waals surface area contributed by atoms with Gasteiger partial charge < -0.3 is 29.5 Å². The number of β-amino-alcohol motifs (C(OH)–C–C–N with tert-alkyl or cyclic N) is 2. The minimum Gasteiger partial charge on any atom is -0.490 e. The van der Waals surface area contributed by atoms with Gasteiger partial charge in [-0.25, -0.2) is 4.39 Å². The fourth-order valence-corrected chi connectivity index (χ4v) is 5.38. The fourth-order valence-electron chi connectivity index (χ4n) is 5.38. The molecule has 2 fully saturated rings. The van der Waals surface area contributed by atoms with Crippen molar-refractivity contribution in [3.05, 3.63) is 58.9 Å². The van der Waals surface area contributed by atoms with Crippen LogP contribution in [-0.4, -0.2) is 83.1 Å². The standard InChI is InChI=1S/C27H33FN2O5/c1-18-2-4-23(26(33)30-9-6-21(31)16-30)25(12-18)34-17-22(32)15-29-10-7-27(8-11-29)14-19-13-20(28)3-5-24(19)35-27/h2-5,12-13,21-22,31-32H,6-11,14-17H2,1H3/t21-,22-/m0/s1. The van der Waals surface area contributed by atoms with Gasteiger partial charge >= 0.3 is 0 Å². The molecule has 3 heterocycles. The molecule has 2 aromatic rings. The molecule has 0 aromatic heterocycles. The lowest BCUT2D eigenvalue weighted by atomic mass is 9.87. The molecule has 2 N–H and O–H groups in total. The summed E-state index contributed by atoms with van der Waals surface area (Å²) in [6.45, 7) is 4.88. The number of piperidine rings is 1. The smallest absolute Gasteiger partial charge is 0.257 e. The number of hydrogen-bond acceptors (Lipinski definition) is 6. The number of aliphatic hydroxyl groups excluding tert-OH is 2. The lowest BCUT2D eigenvalue weighted by Crippen LogP contribution is -2.49. The monoisotopic (exact) mass is 484 g/mol. The van der Waals surface area contributed by atoms with E-state index in [1.54, 1.807) is 23.1 Å². The molecule has 0 unspecified atom stereocenters. The topological polar surface area (TPSA) is 82.5 Å². The summed E-state index contributed by atoms with van der Waals surface area (Å²) in [5.41, 5.74) is 2.06. The lowest BCUT2D eigenvalue weighted by molar-refractivity contribution is -0.00202. The van der Waals surface area contributed by atoms with Crippen molar-refractivity contribution in [3.63, 3.8) is 0 Å². The lowest BCUT2D eigenvalue weighted by Gasteiger charge is -2.39. The maximum atomic E-state index is 13.6. The average molecular weight is 485 g/mol. The van der Waals surface area contributed by atoms with Crippen LogP contribution in [0.3, 0.4) is 0 Å². The van der Waals surface area contributed by atoms with Crippen LogP contribution in [0.15, 0.2) is 36.4 Å². The first-order valence-corrected chi connectivity index (χ1v) is 12.4. The summed E-state index contributed by atoms with van der Waals surface area (Å²) in [6.07, 6.45) is 1.74. The Kier molecular flexibility index (Phi) is 6.70. The number of nitrogens with zero attached hydrogens (tertiary/aromatic N) is 2. The molecule has 3 aliphatic heterocycles. The predicted molar refractivity (Wildman–Crippen MR) is 128 cm³/mol. The average Bonchev–Trinajstić information content (AvgIpc) is 3.42. The second-order valence-corrected chi connectivity index (χ2v) is 10.2. The highest BCUT2D eigenvalue weighted by Crippen LogP contribution is 2.41. The van der Waals surface area contributed by atoms with Crippen molar-refractivity contribution in [2.75, 3.05) is 39.3 Å². The van der Waals surface area contributed by atoms with Gasteiger partial charge in [0.2, 0.25) is 0 Å². The van der Waals surface area contributed by atoms with E-state index in [1.165, 1.54) is 6.07 Å². The first-order chi connectivity index (χ1) is 16.8. The zero-order chi connectivity index (χ0) is 24.6. The number of halogens is 1. The van der Waals surface area contributed by atoms with Crippen LogP contribution in [0.2, 0.25) is 0 Å². The Morgan fingerprint density at radius 2 is 2.03 bits per heavy atom. The van der Waals surface area contributed by atoms with Crippen LogP contribution in [0, 0.1) is 12.7 Å². The summed E-state index contributed by atoms with van der Waals surface area (Å²) in [6, 6.07) is 10.1. The van der Waals surface area contributed by atoms with E-state index in [-0.39, 0.29) is 23.9 Å². The minimum atomic E-state index is -0.711. The SMILES string of the molecule is Cc1ccc(C(=O)N2CC[C@H](O)C2)c(OC[C@@H](O)CN2CCC3(CC2)Cc2cc(F)ccc2O3)c1. The number of aryl methyl sites for hydroxylation is 1. The van der Waals surface area contributed by atoms with Crippen molar-refractivity contribution in [2.45, 2.75) is 50.4 Å². The van der Waals surface area contributed by atoms with Crippen molar-refractivity contribution < 1.29 is 28.9 Å². The molecule has 2 saturated heterocycles. The number of aliphatic hydroxyl groups is 2. The Morgan fingerprint density at radius 3 is 2.77 bits per heavy atom. The summed E-state index contributed by atoms with van der Waals surface area (Å²) in [7, 11) is 0. The van der Waals surface area contributed by atoms with E-state index in [0.717, 1.165) is 49.2 Å². The van der Waals surface area contributed by atoms with Crippen molar-refractivity contribution in [1.29, 1.82) is 0 Å². The van der Waals surface area contributed by atoms with E-state index >= 15 is 0 Å². The molecule has 0 aliphatic carbocycles. The number of carbonyl (C=O) groups excluding carboxylic acids is 1. The number of carbonyl (C=O) groups is 1. The highest BCUT2D eigenvalue weighted by molar-refractivity contribution is 5.97. The van der Waals surface area contributed by atoms with E-state index in [1.807, 2.05) is 19.1 Å². The summed E-state index contributed by atoms with van der Waals surface area (Å²) in [4.78, 5) is 16.8. The Labute approximate surface area is 205 Å². The van der Waals surface area contributed by atoms with Crippen molar-refractivity contribution in [1.82, 2.24) is 9.80 Å². The van der Waals surface area contributed by atoms with Crippen LogP contribution in [0.1, 0.15) is 40.7 Å². The van der Waals surface area contributed by atoms with Gasteiger partial charge in [0.25, 0.3) is 5.91 Å². The molecule has 5 rings (SSSR count). The Morgan fingerprint density at radius 1 is 1.23 bits per heavy atom. The molecule has 7 nitrogen and oxygen atoms in total. The van der Waals surface area contributed by atoms with Gasteiger partial charge in [-0.1, -0.05) is 6.07 Å². The number of ether oxygens (including phenoxy) is 2. The minimum absolute atomic E-state index is 0.0786. The molecule has 35 heavy (non-hydrogen) atoms. The third kappa shape index (κ3) is 5.29. The molecule has 2 atom stereocenters. The van der Waals surface area contributed by atoms with Gasteiger partial charge in [0, 0.05) is 57.5 Å². The van der Waals surface area contributed by atoms with Gasteiger partial charge in [0.1, 0.15) is 35.6 Å². The molecular weight excluding hydrogens is 451 g/mol. The predicted octanol–water partition coefficient (Wildman–Crippen LogP) is 2.55. The second-order valence-electron chi connectivity index (χ2n) is 10.2. The number of fused-ring (bicyclic) bond motifs is 1. The highest BCUT2D eigenvalue weighted by atomic mass is 19.1. The van der Waals surface area contributed by atoms with E-state index in [4.69, 9.17) is 9.47 Å². The number of hydrogen-bond donors (Lipinski definition) is 2. The van der Waals surface area contributed by atoms with Crippen LogP contribution in [0.4, 0.5) is 4.39 Å². The molecule has 0 radical (unpaired) electrons. The van der Waals surface area contributed by atoms with Crippen LogP contribution in [-0.2, 0) is 6.42 Å². The zero-order valence-electron chi connectivity index (χ0n) is 20.1. The second kappa shape index (κ2) is 9.76. The third-order valence-electron chi connectivity index (χ3n) is 7.35. The number of likely N-dealkylation sites (tertiary alicyclic amines) is 2. The molecular formula is C27H33FN2O5. The highest BCUT2D eigenvalue weighted by Gasteiger charge is 2.42.